The number of hydrogen-bond acceptors (Lipinski definition) is 4. The fourth-order valence-corrected chi connectivity index (χ4v) is 2.91. The molecule has 1 amide bonds. The van der Waals surface area contributed by atoms with Gasteiger partial charge in [-0.1, -0.05) is 12.1 Å². The van der Waals surface area contributed by atoms with Crippen molar-refractivity contribution >= 4 is 28.9 Å². The second kappa shape index (κ2) is 6.63. The average molecular weight is 358 g/mol. The Kier molecular flexibility index (Phi) is 4.97. The van der Waals surface area contributed by atoms with Crippen LogP contribution in [-0.4, -0.2) is 28.9 Å². The first-order chi connectivity index (χ1) is 11.2. The lowest BCUT2D eigenvalue weighted by atomic mass is 9.60. The summed E-state index contributed by atoms with van der Waals surface area (Å²) in [6.07, 6.45) is -1.31. The zero-order valence-corrected chi connectivity index (χ0v) is 13.6. The number of nitrogens with one attached hydrogen (secondary N) is 3. The van der Waals surface area contributed by atoms with Crippen LogP contribution in [0.1, 0.15) is 24.8 Å². The van der Waals surface area contributed by atoms with Gasteiger partial charge in [0.05, 0.1) is 4.92 Å². The van der Waals surface area contributed by atoms with E-state index in [1.165, 1.54) is 24.3 Å². The van der Waals surface area contributed by atoms with E-state index in [-0.39, 0.29) is 17.2 Å². The van der Waals surface area contributed by atoms with E-state index < -0.39 is 35.0 Å². The molecule has 0 aliphatic heterocycles. The van der Waals surface area contributed by atoms with E-state index in [1.54, 1.807) is 7.05 Å². The van der Waals surface area contributed by atoms with E-state index in [2.05, 4.69) is 16.2 Å². The van der Waals surface area contributed by atoms with Crippen LogP contribution < -0.4 is 16.2 Å². The Morgan fingerprint density at radius 3 is 2.58 bits per heavy atom. The maximum absolute atomic E-state index is 13.5. The number of alkyl halides is 2. The number of thiocarbonyl (C=S) groups is 1. The Labute approximate surface area is 141 Å². The highest BCUT2D eigenvalue weighted by Gasteiger charge is 2.58. The van der Waals surface area contributed by atoms with Gasteiger partial charge in [0.15, 0.2) is 5.11 Å². The number of benzene rings is 1. The molecule has 1 aromatic carbocycles. The highest BCUT2D eigenvalue weighted by atomic mass is 32.1. The van der Waals surface area contributed by atoms with Crippen molar-refractivity contribution in [3.63, 3.8) is 0 Å². The molecule has 0 spiro atoms. The molecule has 0 bridgehead atoms. The summed E-state index contributed by atoms with van der Waals surface area (Å²) in [6, 6.07) is 5.48. The fourth-order valence-electron chi connectivity index (χ4n) is 2.86. The molecule has 3 N–H and O–H groups in total. The molecule has 7 nitrogen and oxygen atoms in total. The van der Waals surface area contributed by atoms with Gasteiger partial charge in [-0.15, -0.1) is 0 Å². The highest BCUT2D eigenvalue weighted by molar-refractivity contribution is 7.80. The summed E-state index contributed by atoms with van der Waals surface area (Å²) in [4.78, 5) is 22.3. The van der Waals surface area contributed by atoms with Gasteiger partial charge >= 0.3 is 0 Å². The number of non-ortho nitro benzene ring substituents is 1. The molecule has 0 atom stereocenters. The molecule has 0 aromatic heterocycles. The van der Waals surface area contributed by atoms with Crippen molar-refractivity contribution < 1.29 is 18.5 Å². The van der Waals surface area contributed by atoms with Crippen molar-refractivity contribution in [1.82, 2.24) is 16.2 Å². The van der Waals surface area contributed by atoms with Gasteiger partial charge in [-0.3, -0.25) is 25.8 Å². The van der Waals surface area contributed by atoms with Gasteiger partial charge in [0.1, 0.15) is 0 Å². The summed E-state index contributed by atoms with van der Waals surface area (Å²) in [7, 11) is 1.55. The molecule has 10 heteroatoms. The quantitative estimate of drug-likeness (QED) is 0.431. The number of nitrogens with zero attached hydrogens (tertiary/aromatic N) is 1. The number of hydrogen-bond donors (Lipinski definition) is 3. The Morgan fingerprint density at radius 2 is 2.04 bits per heavy atom. The van der Waals surface area contributed by atoms with Crippen molar-refractivity contribution in [2.75, 3.05) is 7.05 Å². The SMILES string of the molecule is CNC(=S)NNC(=O)CC1(c2cccc([N+](=O)[O-])c2)CC(F)(F)C1. The molecule has 0 saturated heterocycles. The van der Waals surface area contributed by atoms with Crippen LogP contribution in [0.25, 0.3) is 0 Å². The summed E-state index contributed by atoms with van der Waals surface area (Å²) < 4.78 is 27.0. The van der Waals surface area contributed by atoms with Crippen molar-refractivity contribution in [1.29, 1.82) is 0 Å². The molecule has 0 heterocycles. The third-order valence-corrected chi connectivity index (χ3v) is 4.21. The first-order valence-electron chi connectivity index (χ1n) is 7.07. The Hall–Kier alpha value is -2.36. The fraction of sp³-hybridized carbons (Fsp3) is 0.429. The second-order valence-electron chi connectivity index (χ2n) is 5.73. The molecule has 1 aliphatic carbocycles. The lowest BCUT2D eigenvalue weighted by molar-refractivity contribution is -0.385. The summed E-state index contributed by atoms with van der Waals surface area (Å²) in [5.74, 6) is -3.42. The molecule has 2 rings (SSSR count). The van der Waals surface area contributed by atoms with Gasteiger partial charge in [0.25, 0.3) is 5.69 Å². The Morgan fingerprint density at radius 1 is 1.38 bits per heavy atom. The van der Waals surface area contributed by atoms with Crippen molar-refractivity contribution in [2.24, 2.45) is 0 Å². The van der Waals surface area contributed by atoms with E-state index in [4.69, 9.17) is 12.2 Å². The summed E-state index contributed by atoms with van der Waals surface area (Å²) >= 11 is 4.80. The highest BCUT2D eigenvalue weighted by Crippen LogP contribution is 2.55. The van der Waals surface area contributed by atoms with Crippen LogP contribution in [0.3, 0.4) is 0 Å². The Bertz CT molecular complexity index is 676. The minimum Gasteiger partial charge on any atom is -0.364 e. The molecule has 1 aromatic rings. The van der Waals surface area contributed by atoms with E-state index in [1.807, 2.05) is 0 Å². The molecular formula is C14H16F2N4O3S. The molecular weight excluding hydrogens is 342 g/mol. The second-order valence-corrected chi connectivity index (χ2v) is 6.13. The van der Waals surface area contributed by atoms with Gasteiger partial charge < -0.3 is 5.32 Å². The molecule has 0 radical (unpaired) electrons. The van der Waals surface area contributed by atoms with Gasteiger partial charge in [-0.2, -0.15) is 0 Å². The van der Waals surface area contributed by atoms with Gasteiger partial charge in [-0.25, -0.2) is 8.78 Å². The number of halogens is 2. The van der Waals surface area contributed by atoms with E-state index in [0.717, 1.165) is 0 Å². The topological polar surface area (TPSA) is 96.3 Å². The third-order valence-electron chi connectivity index (χ3n) is 3.90. The largest absolute Gasteiger partial charge is 0.364 e. The van der Waals surface area contributed by atoms with Gasteiger partial charge in [-0.05, 0) is 17.8 Å². The first kappa shape index (κ1) is 18.0. The number of carbonyl (C=O) groups is 1. The molecule has 24 heavy (non-hydrogen) atoms. The van der Waals surface area contributed by atoms with Crippen LogP contribution in [0, 0.1) is 10.1 Å². The van der Waals surface area contributed by atoms with Crippen LogP contribution >= 0.6 is 12.2 Å². The lowest BCUT2D eigenvalue weighted by Crippen LogP contribution is -2.54. The van der Waals surface area contributed by atoms with Crippen LogP contribution in [0.5, 0.6) is 0 Å². The standard InChI is InChI=1S/C14H16F2N4O3S/c1-17-12(24)19-18-11(21)6-13(7-14(15,16)8-13)9-3-2-4-10(5-9)20(22)23/h2-5H,6-8H2,1H3,(H,18,21)(H2,17,19,24). The van der Waals surface area contributed by atoms with Gasteiger partial charge in [0.2, 0.25) is 11.8 Å². The zero-order valence-electron chi connectivity index (χ0n) is 12.8. The lowest BCUT2D eigenvalue weighted by Gasteiger charge is -2.47. The van der Waals surface area contributed by atoms with Crippen LogP contribution in [0.2, 0.25) is 0 Å². The van der Waals surface area contributed by atoms with Crippen molar-refractivity contribution in [3.05, 3.63) is 39.9 Å². The van der Waals surface area contributed by atoms with Crippen LogP contribution in [-0.2, 0) is 10.2 Å². The molecule has 1 fully saturated rings. The van der Waals surface area contributed by atoms with E-state index in [9.17, 15) is 23.7 Å². The summed E-state index contributed by atoms with van der Waals surface area (Å²) in [5.41, 5.74) is 3.77. The monoisotopic (exact) mass is 358 g/mol. The van der Waals surface area contributed by atoms with Crippen LogP contribution in [0.15, 0.2) is 24.3 Å². The number of carbonyl (C=O) groups excluding carboxylic acids is 1. The predicted octanol–water partition coefficient (Wildman–Crippen LogP) is 1.78. The zero-order chi connectivity index (χ0) is 18.0. The minimum absolute atomic E-state index is 0.173. The average Bonchev–Trinajstić information content (AvgIpc) is 2.50. The Balaban J connectivity index is 2.19. The minimum atomic E-state index is -2.89. The number of amides is 1. The van der Waals surface area contributed by atoms with E-state index >= 15 is 0 Å². The van der Waals surface area contributed by atoms with Crippen LogP contribution in [0.4, 0.5) is 14.5 Å². The van der Waals surface area contributed by atoms with Gasteiger partial charge in [0, 0.05) is 43.9 Å². The number of nitro benzene ring substituents is 1. The van der Waals surface area contributed by atoms with Crippen molar-refractivity contribution in [2.45, 2.75) is 30.6 Å². The molecule has 0 unspecified atom stereocenters. The molecule has 1 aliphatic rings. The van der Waals surface area contributed by atoms with E-state index in [0.29, 0.717) is 5.56 Å². The summed E-state index contributed by atoms with van der Waals surface area (Å²) in [6.45, 7) is 0. The smallest absolute Gasteiger partial charge is 0.269 e. The summed E-state index contributed by atoms with van der Waals surface area (Å²) in [5, 5.41) is 13.7. The predicted molar refractivity (Wildman–Crippen MR) is 86.5 cm³/mol. The molecule has 130 valence electrons. The number of hydrazine groups is 1. The number of rotatable bonds is 4. The molecule has 1 saturated carbocycles. The van der Waals surface area contributed by atoms with Crippen molar-refractivity contribution in [3.8, 4) is 0 Å². The first-order valence-corrected chi connectivity index (χ1v) is 7.48. The third kappa shape index (κ3) is 3.94. The maximum atomic E-state index is 13.5. The normalized spacial score (nSPS) is 17.3. The maximum Gasteiger partial charge on any atom is 0.269 e. The number of nitro groups is 1.